The Hall–Kier alpha value is -2.68. The minimum absolute atomic E-state index is 0.126. The first-order chi connectivity index (χ1) is 9.79. The molecule has 0 bridgehead atoms. The first kappa shape index (κ1) is 14.7. The van der Waals surface area contributed by atoms with Gasteiger partial charge in [-0.1, -0.05) is 6.07 Å². The number of nitrogens with zero attached hydrogens (tertiary/aromatic N) is 1. The summed E-state index contributed by atoms with van der Waals surface area (Å²) in [5, 5.41) is 10.6. The fraction of sp³-hybridized carbons (Fsp3) is 0. The van der Waals surface area contributed by atoms with Gasteiger partial charge in [-0.15, -0.1) is 0 Å². The molecule has 9 heteroatoms. The topological polar surface area (TPSA) is 115 Å². The summed E-state index contributed by atoms with van der Waals surface area (Å²) in [5.74, 6) is -1.09. The van der Waals surface area contributed by atoms with Crippen LogP contribution in [0.5, 0.6) is 0 Å². The molecule has 0 saturated carbocycles. The number of nitrogen functional groups attached to an aromatic ring is 1. The third-order valence-electron chi connectivity index (χ3n) is 2.55. The molecule has 0 aliphatic carbocycles. The van der Waals surface area contributed by atoms with Crippen LogP contribution in [0.2, 0.25) is 0 Å². The van der Waals surface area contributed by atoms with E-state index in [2.05, 4.69) is 4.72 Å². The first-order valence-corrected chi connectivity index (χ1v) is 7.10. The lowest BCUT2D eigenvalue weighted by Crippen LogP contribution is -2.15. The number of nitrogens with one attached hydrogen (secondary N) is 1. The van der Waals surface area contributed by atoms with Crippen LogP contribution in [0, 0.1) is 15.9 Å². The standard InChI is InChI=1S/C12H10FN3O4S/c13-11-5-4-10(16(17)18)7-12(11)21(19,20)15-9-3-1-2-8(14)6-9/h1-7,15H,14H2. The van der Waals surface area contributed by atoms with Crippen LogP contribution in [0.4, 0.5) is 21.5 Å². The molecule has 0 unspecified atom stereocenters. The van der Waals surface area contributed by atoms with Gasteiger partial charge in [0, 0.05) is 17.8 Å². The monoisotopic (exact) mass is 311 g/mol. The summed E-state index contributed by atoms with van der Waals surface area (Å²) in [6.07, 6.45) is 0. The van der Waals surface area contributed by atoms with Gasteiger partial charge in [-0.05, 0) is 24.3 Å². The van der Waals surface area contributed by atoms with Crippen LogP contribution < -0.4 is 10.5 Å². The Labute approximate surface area is 119 Å². The zero-order chi connectivity index (χ0) is 15.6. The number of hydrogen-bond acceptors (Lipinski definition) is 5. The van der Waals surface area contributed by atoms with Crippen molar-refractivity contribution in [3.8, 4) is 0 Å². The third-order valence-corrected chi connectivity index (χ3v) is 3.95. The lowest BCUT2D eigenvalue weighted by atomic mass is 10.3. The van der Waals surface area contributed by atoms with Crippen molar-refractivity contribution in [2.45, 2.75) is 4.90 Å². The van der Waals surface area contributed by atoms with E-state index in [0.29, 0.717) is 11.8 Å². The lowest BCUT2D eigenvalue weighted by Gasteiger charge is -2.09. The fourth-order valence-corrected chi connectivity index (χ4v) is 2.77. The molecule has 0 aliphatic heterocycles. The average Bonchev–Trinajstić information content (AvgIpc) is 2.38. The third kappa shape index (κ3) is 3.26. The zero-order valence-corrected chi connectivity index (χ0v) is 11.3. The highest BCUT2D eigenvalue weighted by Gasteiger charge is 2.22. The molecule has 0 fully saturated rings. The number of halogens is 1. The largest absolute Gasteiger partial charge is 0.399 e. The smallest absolute Gasteiger partial charge is 0.271 e. The van der Waals surface area contributed by atoms with Crippen LogP contribution in [-0.2, 0) is 10.0 Å². The van der Waals surface area contributed by atoms with E-state index >= 15 is 0 Å². The molecule has 7 nitrogen and oxygen atoms in total. The quantitative estimate of drug-likeness (QED) is 0.510. The van der Waals surface area contributed by atoms with Crippen LogP contribution in [0.3, 0.4) is 0 Å². The average molecular weight is 311 g/mol. The van der Waals surface area contributed by atoms with Gasteiger partial charge in [-0.3, -0.25) is 14.8 Å². The Morgan fingerprint density at radius 2 is 1.90 bits per heavy atom. The van der Waals surface area contributed by atoms with E-state index in [-0.39, 0.29) is 5.69 Å². The van der Waals surface area contributed by atoms with Gasteiger partial charge in [0.15, 0.2) is 0 Å². The number of nitro benzene ring substituents is 1. The van der Waals surface area contributed by atoms with E-state index < -0.39 is 31.3 Å². The normalized spacial score (nSPS) is 11.1. The number of nitro groups is 1. The summed E-state index contributed by atoms with van der Waals surface area (Å²) >= 11 is 0. The van der Waals surface area contributed by atoms with Crippen molar-refractivity contribution in [1.82, 2.24) is 0 Å². The van der Waals surface area contributed by atoms with Crippen molar-refractivity contribution < 1.29 is 17.7 Å². The van der Waals surface area contributed by atoms with Crippen molar-refractivity contribution in [3.05, 3.63) is 58.4 Å². The second-order valence-corrected chi connectivity index (χ2v) is 5.75. The predicted octanol–water partition coefficient (Wildman–Crippen LogP) is 2.12. The van der Waals surface area contributed by atoms with Crippen LogP contribution in [0.15, 0.2) is 47.4 Å². The molecule has 0 heterocycles. The molecule has 0 saturated heterocycles. The summed E-state index contributed by atoms with van der Waals surface area (Å²) < 4.78 is 39.9. The van der Waals surface area contributed by atoms with Crippen molar-refractivity contribution in [2.24, 2.45) is 0 Å². The molecule has 2 aromatic rings. The van der Waals surface area contributed by atoms with E-state index in [1.165, 1.54) is 18.2 Å². The van der Waals surface area contributed by atoms with E-state index in [9.17, 15) is 22.9 Å². The molecule has 0 aliphatic rings. The molecule has 3 N–H and O–H groups in total. The fourth-order valence-electron chi connectivity index (χ4n) is 1.62. The van der Waals surface area contributed by atoms with Crippen LogP contribution >= 0.6 is 0 Å². The molecule has 2 rings (SSSR count). The summed E-state index contributed by atoms with van der Waals surface area (Å²) in [5.41, 5.74) is 5.43. The van der Waals surface area contributed by atoms with Crippen LogP contribution in [-0.4, -0.2) is 13.3 Å². The second-order valence-electron chi connectivity index (χ2n) is 4.10. The summed E-state index contributed by atoms with van der Waals surface area (Å²) in [6.45, 7) is 0. The molecular weight excluding hydrogens is 301 g/mol. The molecule has 21 heavy (non-hydrogen) atoms. The van der Waals surface area contributed by atoms with Gasteiger partial charge in [0.05, 0.1) is 10.6 Å². The van der Waals surface area contributed by atoms with Crippen molar-refractivity contribution >= 4 is 27.1 Å². The number of sulfonamides is 1. The van der Waals surface area contributed by atoms with E-state index in [1.807, 2.05) is 0 Å². The van der Waals surface area contributed by atoms with Gasteiger partial charge >= 0.3 is 0 Å². The maximum Gasteiger partial charge on any atom is 0.271 e. The molecule has 0 radical (unpaired) electrons. The molecule has 110 valence electrons. The van der Waals surface area contributed by atoms with Crippen molar-refractivity contribution in [1.29, 1.82) is 0 Å². The SMILES string of the molecule is Nc1cccc(NS(=O)(=O)c2cc([N+](=O)[O-])ccc2F)c1. The van der Waals surface area contributed by atoms with E-state index in [0.717, 1.165) is 12.1 Å². The van der Waals surface area contributed by atoms with Gasteiger partial charge in [-0.25, -0.2) is 12.8 Å². The highest BCUT2D eigenvalue weighted by molar-refractivity contribution is 7.92. The lowest BCUT2D eigenvalue weighted by molar-refractivity contribution is -0.385. The van der Waals surface area contributed by atoms with Gasteiger partial charge in [0.25, 0.3) is 15.7 Å². The Kier molecular flexibility index (Phi) is 3.76. The Morgan fingerprint density at radius 1 is 1.19 bits per heavy atom. The molecule has 0 atom stereocenters. The van der Waals surface area contributed by atoms with Gasteiger partial charge < -0.3 is 5.73 Å². The van der Waals surface area contributed by atoms with Crippen LogP contribution in [0.25, 0.3) is 0 Å². The number of nitrogens with two attached hydrogens (primary N) is 1. The minimum Gasteiger partial charge on any atom is -0.399 e. The number of hydrogen-bond donors (Lipinski definition) is 2. The van der Waals surface area contributed by atoms with Gasteiger partial charge in [0.1, 0.15) is 10.7 Å². The number of rotatable bonds is 4. The van der Waals surface area contributed by atoms with Crippen molar-refractivity contribution in [2.75, 3.05) is 10.5 Å². The summed E-state index contributed by atoms with van der Waals surface area (Å²) in [6, 6.07) is 8.09. The molecule has 0 spiro atoms. The Balaban J connectivity index is 2.44. The second kappa shape index (κ2) is 5.37. The number of anilines is 2. The molecule has 2 aromatic carbocycles. The predicted molar refractivity (Wildman–Crippen MR) is 74.7 cm³/mol. The molecular formula is C12H10FN3O4S. The number of benzene rings is 2. The van der Waals surface area contributed by atoms with Gasteiger partial charge in [0.2, 0.25) is 0 Å². The van der Waals surface area contributed by atoms with Gasteiger partial charge in [-0.2, -0.15) is 0 Å². The van der Waals surface area contributed by atoms with Crippen LogP contribution in [0.1, 0.15) is 0 Å². The maximum absolute atomic E-state index is 13.6. The Morgan fingerprint density at radius 3 is 2.52 bits per heavy atom. The van der Waals surface area contributed by atoms with Crippen molar-refractivity contribution in [3.63, 3.8) is 0 Å². The molecule has 0 amide bonds. The summed E-state index contributed by atoms with van der Waals surface area (Å²) in [4.78, 5) is 9.03. The van der Waals surface area contributed by atoms with E-state index in [4.69, 9.17) is 5.73 Å². The number of non-ortho nitro benzene ring substituents is 1. The maximum atomic E-state index is 13.6. The Bertz CT molecular complexity index is 808. The highest BCUT2D eigenvalue weighted by Crippen LogP contribution is 2.24. The van der Waals surface area contributed by atoms with E-state index in [1.54, 1.807) is 6.07 Å². The first-order valence-electron chi connectivity index (χ1n) is 5.62. The highest BCUT2D eigenvalue weighted by atomic mass is 32.2. The summed E-state index contributed by atoms with van der Waals surface area (Å²) in [7, 11) is -4.30. The molecule has 0 aromatic heterocycles. The minimum atomic E-state index is -4.30. The zero-order valence-electron chi connectivity index (χ0n) is 10.5.